The van der Waals surface area contributed by atoms with Crippen molar-refractivity contribution in [2.75, 3.05) is 0 Å². The van der Waals surface area contributed by atoms with E-state index in [2.05, 4.69) is 15.5 Å². The number of nitrogens with zero attached hydrogens (tertiary/aromatic N) is 3. The van der Waals surface area contributed by atoms with Crippen LogP contribution in [0.15, 0.2) is 40.9 Å². The zero-order chi connectivity index (χ0) is 14.5. The van der Waals surface area contributed by atoms with Crippen LogP contribution in [0.1, 0.15) is 22.3 Å². The molecular weight excluding hydrogens is 280 g/mol. The van der Waals surface area contributed by atoms with E-state index in [0.29, 0.717) is 10.6 Å². The van der Waals surface area contributed by atoms with Crippen molar-refractivity contribution in [2.45, 2.75) is 6.92 Å². The van der Waals surface area contributed by atoms with Crippen LogP contribution >= 0.6 is 11.3 Å². The molecule has 2 aromatic heterocycles. The molecule has 102 valence electrons. The average molecular weight is 290 g/mol. The van der Waals surface area contributed by atoms with Gasteiger partial charge in [-0.1, -0.05) is 6.07 Å². The van der Waals surface area contributed by atoms with E-state index < -0.39 is 10.8 Å². The summed E-state index contributed by atoms with van der Waals surface area (Å²) >= 11 is 1.19. The molecule has 0 spiro atoms. The Kier molecular flexibility index (Phi) is 4.16. The van der Waals surface area contributed by atoms with E-state index in [0.717, 1.165) is 0 Å². The van der Waals surface area contributed by atoms with Crippen molar-refractivity contribution >= 4 is 28.6 Å². The number of aromatic nitrogens is 1. The minimum atomic E-state index is -0.472. The molecule has 2 aromatic rings. The summed E-state index contributed by atoms with van der Waals surface area (Å²) in [5, 5.41) is 15.9. The number of hydrazone groups is 1. The molecule has 0 saturated carbocycles. The van der Waals surface area contributed by atoms with Gasteiger partial charge in [-0.15, -0.1) is 11.3 Å². The minimum absolute atomic E-state index is 0.00982. The van der Waals surface area contributed by atoms with Crippen LogP contribution in [0.3, 0.4) is 0 Å². The molecular formula is C12H10N4O3S. The number of carbonyl (C=O) groups is 1. The van der Waals surface area contributed by atoms with E-state index in [1.54, 1.807) is 25.1 Å². The SMILES string of the molecule is CC(=NNC(=O)c1ccccn1)c1cc([N+](=O)[O-])cs1. The molecule has 7 nitrogen and oxygen atoms in total. The van der Waals surface area contributed by atoms with Crippen LogP contribution in [0.5, 0.6) is 0 Å². The number of pyridine rings is 1. The smallest absolute Gasteiger partial charge is 0.266 e. The summed E-state index contributed by atoms with van der Waals surface area (Å²) in [6, 6.07) is 6.38. The number of carbonyl (C=O) groups excluding carboxylic acids is 1. The first kappa shape index (κ1) is 13.8. The van der Waals surface area contributed by atoms with Crippen LogP contribution in [0.4, 0.5) is 5.69 Å². The van der Waals surface area contributed by atoms with Gasteiger partial charge >= 0.3 is 0 Å². The number of nitro groups is 1. The summed E-state index contributed by atoms with van der Waals surface area (Å²) in [6.45, 7) is 1.66. The summed E-state index contributed by atoms with van der Waals surface area (Å²) in [7, 11) is 0. The Bertz CT molecular complexity index is 666. The van der Waals surface area contributed by atoms with E-state index in [1.165, 1.54) is 29.0 Å². The van der Waals surface area contributed by atoms with Gasteiger partial charge in [-0.3, -0.25) is 19.9 Å². The molecule has 0 atom stereocenters. The second-order valence-corrected chi connectivity index (χ2v) is 4.69. The standard InChI is InChI=1S/C12H10N4O3S/c1-8(11-6-9(7-20-11)16(18)19)14-15-12(17)10-4-2-3-5-13-10/h2-7H,1H3,(H,15,17). The molecule has 20 heavy (non-hydrogen) atoms. The Morgan fingerprint density at radius 2 is 2.30 bits per heavy atom. The van der Waals surface area contributed by atoms with E-state index in [4.69, 9.17) is 0 Å². The maximum atomic E-state index is 11.7. The van der Waals surface area contributed by atoms with Crippen molar-refractivity contribution in [2.24, 2.45) is 5.10 Å². The highest BCUT2D eigenvalue weighted by atomic mass is 32.1. The third-order valence-corrected chi connectivity index (χ3v) is 3.40. The lowest BCUT2D eigenvalue weighted by atomic mass is 10.3. The van der Waals surface area contributed by atoms with Crippen molar-refractivity contribution in [3.63, 3.8) is 0 Å². The quantitative estimate of drug-likeness (QED) is 0.530. The molecule has 0 bridgehead atoms. The Balaban J connectivity index is 2.07. The van der Waals surface area contributed by atoms with E-state index in [-0.39, 0.29) is 11.4 Å². The van der Waals surface area contributed by atoms with Gasteiger partial charge in [0.05, 0.1) is 20.9 Å². The van der Waals surface area contributed by atoms with Gasteiger partial charge in [-0.25, -0.2) is 5.43 Å². The summed E-state index contributed by atoms with van der Waals surface area (Å²) in [6.07, 6.45) is 1.51. The first-order valence-electron chi connectivity index (χ1n) is 5.57. The van der Waals surface area contributed by atoms with Crippen molar-refractivity contribution in [3.05, 3.63) is 56.5 Å². The number of amides is 1. The molecule has 1 N–H and O–H groups in total. The predicted molar refractivity (Wildman–Crippen MR) is 74.9 cm³/mol. The van der Waals surface area contributed by atoms with E-state index in [9.17, 15) is 14.9 Å². The van der Waals surface area contributed by atoms with Gasteiger partial charge in [0.2, 0.25) is 0 Å². The summed E-state index contributed by atoms with van der Waals surface area (Å²) < 4.78 is 0. The molecule has 0 aliphatic heterocycles. The van der Waals surface area contributed by atoms with Crippen molar-refractivity contribution < 1.29 is 9.72 Å². The Labute approximate surface area is 118 Å². The van der Waals surface area contributed by atoms with Crippen molar-refractivity contribution in [1.29, 1.82) is 0 Å². The monoisotopic (exact) mass is 290 g/mol. The molecule has 2 rings (SSSR count). The third kappa shape index (κ3) is 3.23. The lowest BCUT2D eigenvalue weighted by Crippen LogP contribution is -2.20. The molecule has 0 saturated heterocycles. The van der Waals surface area contributed by atoms with Gasteiger partial charge in [-0.05, 0) is 19.1 Å². The third-order valence-electron chi connectivity index (χ3n) is 2.38. The summed E-state index contributed by atoms with van der Waals surface area (Å²) in [4.78, 5) is 26.3. The second kappa shape index (κ2) is 6.02. The normalized spacial score (nSPS) is 11.2. The molecule has 1 amide bonds. The zero-order valence-corrected chi connectivity index (χ0v) is 11.3. The fraction of sp³-hybridized carbons (Fsp3) is 0.0833. The van der Waals surface area contributed by atoms with Crippen LogP contribution in [-0.2, 0) is 0 Å². The van der Waals surface area contributed by atoms with Crippen LogP contribution < -0.4 is 5.43 Å². The highest BCUT2D eigenvalue weighted by Gasteiger charge is 2.11. The lowest BCUT2D eigenvalue weighted by Gasteiger charge is -2.00. The van der Waals surface area contributed by atoms with Crippen molar-refractivity contribution in [1.82, 2.24) is 10.4 Å². The van der Waals surface area contributed by atoms with E-state index in [1.807, 2.05) is 0 Å². The average Bonchev–Trinajstić information content (AvgIpc) is 2.95. The lowest BCUT2D eigenvalue weighted by molar-refractivity contribution is -0.384. The van der Waals surface area contributed by atoms with Crippen LogP contribution in [0.2, 0.25) is 0 Å². The van der Waals surface area contributed by atoms with Crippen LogP contribution in [0.25, 0.3) is 0 Å². The zero-order valence-electron chi connectivity index (χ0n) is 10.4. The fourth-order valence-electron chi connectivity index (χ4n) is 1.36. The first-order chi connectivity index (χ1) is 9.58. The number of thiophene rings is 1. The molecule has 8 heteroatoms. The molecule has 0 aliphatic carbocycles. The Morgan fingerprint density at radius 3 is 2.90 bits per heavy atom. The Morgan fingerprint density at radius 1 is 1.50 bits per heavy atom. The van der Waals surface area contributed by atoms with Gasteiger partial charge in [0.25, 0.3) is 11.6 Å². The topological polar surface area (TPSA) is 97.5 Å². The van der Waals surface area contributed by atoms with Crippen molar-refractivity contribution in [3.8, 4) is 0 Å². The van der Waals surface area contributed by atoms with Gasteiger partial charge in [0, 0.05) is 12.3 Å². The number of rotatable bonds is 4. The molecule has 2 heterocycles. The molecule has 0 fully saturated rings. The first-order valence-corrected chi connectivity index (χ1v) is 6.45. The molecule has 0 radical (unpaired) electrons. The predicted octanol–water partition coefficient (Wildman–Crippen LogP) is 2.21. The highest BCUT2D eigenvalue weighted by Crippen LogP contribution is 2.21. The summed E-state index contributed by atoms with van der Waals surface area (Å²) in [5.41, 5.74) is 3.11. The number of nitrogens with one attached hydrogen (secondary N) is 1. The van der Waals surface area contributed by atoms with E-state index >= 15 is 0 Å². The van der Waals surface area contributed by atoms with Gasteiger partial charge in [-0.2, -0.15) is 5.10 Å². The maximum Gasteiger partial charge on any atom is 0.289 e. The van der Waals surface area contributed by atoms with Crippen LogP contribution in [-0.4, -0.2) is 21.5 Å². The largest absolute Gasteiger partial charge is 0.289 e. The van der Waals surface area contributed by atoms with Gasteiger partial charge < -0.3 is 0 Å². The van der Waals surface area contributed by atoms with Gasteiger partial charge in [0.1, 0.15) is 5.69 Å². The number of hydrogen-bond acceptors (Lipinski definition) is 6. The maximum absolute atomic E-state index is 11.7. The Hall–Kier alpha value is -2.61. The molecule has 0 aromatic carbocycles. The van der Waals surface area contributed by atoms with Gasteiger partial charge in [0.15, 0.2) is 0 Å². The van der Waals surface area contributed by atoms with Crippen LogP contribution in [0, 0.1) is 10.1 Å². The molecule has 0 aliphatic rings. The fourth-order valence-corrected chi connectivity index (χ4v) is 2.16. The molecule has 0 unspecified atom stereocenters. The number of hydrogen-bond donors (Lipinski definition) is 1. The minimum Gasteiger partial charge on any atom is -0.266 e. The summed E-state index contributed by atoms with van der Waals surface area (Å²) in [5.74, 6) is -0.434. The second-order valence-electron chi connectivity index (χ2n) is 3.78. The highest BCUT2D eigenvalue weighted by molar-refractivity contribution is 7.12.